The smallest absolute Gasteiger partial charge is 0.457 e. The summed E-state index contributed by atoms with van der Waals surface area (Å²) in [5, 5.41) is 3.27. The SMILES string of the molecule is [Zn+2].c1ccc2c(c1)-c1nc3nc(nc4[n-]c(nc5[n-]c(nc-2n1)c1ccccc51)c1cc(Oc2ccncc2)ccc41)-c1ccccc1-3. The monoisotopic (exact) mass is 669 g/mol. The fraction of sp³-hybridized carbons (Fsp3) is 0. The van der Waals surface area contributed by atoms with E-state index in [0.717, 1.165) is 43.8 Å². The van der Waals surface area contributed by atoms with Crippen molar-refractivity contribution in [3.05, 3.63) is 116 Å². The molecular weight excluding hydrogens is 652 g/mol. The molecule has 0 aliphatic carbocycles. The standard InChI is InChI=1S/C37H19N9O.Zn/c1-2-8-23-22(7-1)30-39-31(23)41-33-26-11-5-6-12-27(26)35(43-33)45-37-29-19-21(47-20-15-17-38-18-16-20)13-14-28(29)36(46-37)44-34-25-10-4-3-9-24(25)32(40-30)42-34;/h1-19H;/q-2;+2. The molecule has 0 fully saturated rings. The van der Waals surface area contributed by atoms with E-state index >= 15 is 0 Å². The van der Waals surface area contributed by atoms with E-state index in [9.17, 15) is 0 Å². The summed E-state index contributed by atoms with van der Waals surface area (Å²) in [7, 11) is 0. The molecule has 2 aliphatic heterocycles. The van der Waals surface area contributed by atoms with Gasteiger partial charge in [0.05, 0.1) is 11.6 Å². The molecule has 0 N–H and O–H groups in total. The van der Waals surface area contributed by atoms with E-state index in [1.54, 1.807) is 24.5 Å². The van der Waals surface area contributed by atoms with Gasteiger partial charge < -0.3 is 29.7 Å². The minimum Gasteiger partial charge on any atom is -0.457 e. The zero-order valence-electron chi connectivity index (χ0n) is 25.1. The molecule has 10 rings (SSSR count). The fourth-order valence-corrected chi connectivity index (χ4v) is 6.09. The van der Waals surface area contributed by atoms with Crippen molar-refractivity contribution in [3.8, 4) is 57.1 Å². The Kier molecular flexibility index (Phi) is 6.41. The maximum absolute atomic E-state index is 6.15. The van der Waals surface area contributed by atoms with E-state index < -0.39 is 0 Å². The zero-order valence-corrected chi connectivity index (χ0v) is 28.1. The number of hydrogen-bond donors (Lipinski definition) is 0. The van der Waals surface area contributed by atoms with Gasteiger partial charge in [0.25, 0.3) is 0 Å². The van der Waals surface area contributed by atoms with Crippen molar-refractivity contribution in [1.29, 1.82) is 0 Å². The summed E-state index contributed by atoms with van der Waals surface area (Å²) < 4.78 is 6.15. The first-order valence-electron chi connectivity index (χ1n) is 15.0. The summed E-state index contributed by atoms with van der Waals surface area (Å²) in [6, 6.07) is 33.1. The van der Waals surface area contributed by atoms with Crippen molar-refractivity contribution in [1.82, 2.24) is 44.9 Å². The molecule has 0 radical (unpaired) electrons. The average molecular weight is 671 g/mol. The maximum atomic E-state index is 6.15. The number of aromatic nitrogens is 9. The minimum atomic E-state index is 0. The summed E-state index contributed by atoms with van der Waals surface area (Å²) in [5.74, 6) is 3.39. The van der Waals surface area contributed by atoms with Gasteiger partial charge in [0.1, 0.15) is 11.5 Å². The summed E-state index contributed by atoms with van der Waals surface area (Å²) in [6.45, 7) is 0. The fourth-order valence-electron chi connectivity index (χ4n) is 6.09. The van der Waals surface area contributed by atoms with Crippen LogP contribution in [-0.4, -0.2) is 34.9 Å². The van der Waals surface area contributed by atoms with Crippen LogP contribution in [0.1, 0.15) is 0 Å². The van der Waals surface area contributed by atoms with Gasteiger partial charge in [-0.3, -0.25) is 4.98 Å². The Morgan fingerprint density at radius 1 is 0.396 bits per heavy atom. The molecule has 0 saturated carbocycles. The molecule has 4 aromatic heterocycles. The Bertz CT molecular complexity index is 2740. The molecule has 6 heterocycles. The Labute approximate surface area is 284 Å². The van der Waals surface area contributed by atoms with Crippen LogP contribution in [0, 0.1) is 0 Å². The summed E-state index contributed by atoms with van der Waals surface area (Å²) in [5.41, 5.74) is 5.42. The topological polar surface area (TPSA) is 128 Å². The molecule has 4 aromatic carbocycles. The molecule has 0 atom stereocenters. The van der Waals surface area contributed by atoms with Gasteiger partial charge >= 0.3 is 19.5 Å². The predicted octanol–water partition coefficient (Wildman–Crippen LogP) is 7.31. The van der Waals surface area contributed by atoms with Gasteiger partial charge in [-0.05, 0) is 51.9 Å². The normalized spacial score (nSPS) is 11.6. The van der Waals surface area contributed by atoms with Crippen molar-refractivity contribution >= 4 is 44.1 Å². The van der Waals surface area contributed by atoms with Crippen LogP contribution >= 0.6 is 0 Å². The molecule has 0 unspecified atom stereocenters. The maximum Gasteiger partial charge on any atom is 2.00 e. The van der Waals surface area contributed by atoms with Gasteiger partial charge in [0, 0.05) is 57.2 Å². The molecule has 2 aliphatic rings. The third kappa shape index (κ3) is 4.47. The first-order valence-corrected chi connectivity index (χ1v) is 15.0. The van der Waals surface area contributed by atoms with Crippen LogP contribution < -0.4 is 14.7 Å². The van der Waals surface area contributed by atoms with Gasteiger partial charge in [-0.2, -0.15) is 0 Å². The quantitative estimate of drug-likeness (QED) is 0.173. The second-order valence-corrected chi connectivity index (χ2v) is 11.1. The number of fused-ring (bicyclic) bond motifs is 20. The molecule has 10 nitrogen and oxygen atoms in total. The predicted molar refractivity (Wildman–Crippen MR) is 178 cm³/mol. The van der Waals surface area contributed by atoms with Crippen molar-refractivity contribution < 1.29 is 24.2 Å². The van der Waals surface area contributed by atoms with Crippen LogP contribution in [0.25, 0.3) is 89.7 Å². The van der Waals surface area contributed by atoms with E-state index in [2.05, 4.69) is 4.98 Å². The first-order chi connectivity index (χ1) is 23.2. The largest absolute Gasteiger partial charge is 2.00 e. The molecule has 48 heavy (non-hydrogen) atoms. The van der Waals surface area contributed by atoms with E-state index in [1.165, 1.54) is 0 Å². The average Bonchev–Trinajstić information content (AvgIpc) is 3.84. The second-order valence-electron chi connectivity index (χ2n) is 11.1. The third-order valence-corrected chi connectivity index (χ3v) is 8.28. The number of nitrogens with zero attached hydrogens (tertiary/aromatic N) is 9. The molecule has 8 aromatic rings. The summed E-state index contributed by atoms with van der Waals surface area (Å²) in [6.07, 6.45) is 3.38. The van der Waals surface area contributed by atoms with Crippen LogP contribution in [0.3, 0.4) is 0 Å². The van der Waals surface area contributed by atoms with Crippen LogP contribution in [0.5, 0.6) is 11.5 Å². The van der Waals surface area contributed by atoms with E-state index in [-0.39, 0.29) is 19.5 Å². The molecule has 0 saturated heterocycles. The number of hydrogen-bond acceptors (Lipinski definition) is 8. The first kappa shape index (κ1) is 28.1. The van der Waals surface area contributed by atoms with Crippen molar-refractivity contribution in [2.24, 2.45) is 0 Å². The van der Waals surface area contributed by atoms with Gasteiger partial charge in [-0.15, -0.1) is 0 Å². The second kappa shape index (κ2) is 11.0. The Hall–Kier alpha value is -6.19. The summed E-state index contributed by atoms with van der Waals surface area (Å²) in [4.78, 5) is 43.8. The van der Waals surface area contributed by atoms with Crippen LogP contribution in [-0.2, 0) is 19.5 Å². The van der Waals surface area contributed by atoms with Crippen LogP contribution in [0.15, 0.2) is 116 Å². The summed E-state index contributed by atoms with van der Waals surface area (Å²) >= 11 is 0. The molecule has 11 heteroatoms. The van der Waals surface area contributed by atoms with Gasteiger partial charge in [0.2, 0.25) is 0 Å². The number of benzene rings is 4. The molecule has 220 valence electrons. The molecular formula is C37H19N9OZn. The van der Waals surface area contributed by atoms with Crippen LogP contribution in [0.4, 0.5) is 0 Å². The van der Waals surface area contributed by atoms with Gasteiger partial charge in [-0.1, -0.05) is 72.8 Å². The Morgan fingerprint density at radius 3 is 1.38 bits per heavy atom. The number of rotatable bonds is 2. The molecule has 0 spiro atoms. The minimum absolute atomic E-state index is 0. The molecule has 8 bridgehead atoms. The Balaban J connectivity index is 0.00000314. The third-order valence-electron chi connectivity index (χ3n) is 8.28. The van der Waals surface area contributed by atoms with Crippen molar-refractivity contribution in [2.75, 3.05) is 0 Å². The zero-order chi connectivity index (χ0) is 30.9. The van der Waals surface area contributed by atoms with Gasteiger partial charge in [-0.25, -0.2) is 15.0 Å². The van der Waals surface area contributed by atoms with Crippen LogP contribution in [0.2, 0.25) is 0 Å². The van der Waals surface area contributed by atoms with E-state index in [1.807, 2.05) is 91.0 Å². The Morgan fingerprint density at radius 2 is 0.833 bits per heavy atom. The van der Waals surface area contributed by atoms with Gasteiger partial charge in [0.15, 0.2) is 11.6 Å². The van der Waals surface area contributed by atoms with Crippen molar-refractivity contribution in [3.63, 3.8) is 0 Å². The van der Waals surface area contributed by atoms with E-state index in [0.29, 0.717) is 57.4 Å². The number of ether oxygens (including phenoxy) is 1. The molecule has 0 amide bonds. The van der Waals surface area contributed by atoms with Crippen molar-refractivity contribution in [2.45, 2.75) is 0 Å². The number of pyridine rings is 1. The van der Waals surface area contributed by atoms with E-state index in [4.69, 9.17) is 44.6 Å².